The maximum absolute atomic E-state index is 12.6. The molecule has 2 nitrogen and oxygen atoms in total. The summed E-state index contributed by atoms with van der Waals surface area (Å²) in [4.78, 5) is 0. The van der Waals surface area contributed by atoms with Gasteiger partial charge in [0.15, 0.2) is 0 Å². The number of fused-ring (bicyclic) bond motifs is 1. The molecule has 1 aliphatic carbocycles. The lowest BCUT2D eigenvalue weighted by Crippen LogP contribution is -1.99. The van der Waals surface area contributed by atoms with Gasteiger partial charge in [0.1, 0.15) is 5.76 Å². The third-order valence-electron chi connectivity index (χ3n) is 1.90. The van der Waals surface area contributed by atoms with Crippen molar-refractivity contribution in [1.82, 2.24) is 5.16 Å². The number of hydrogen-bond acceptors (Lipinski definition) is 2. The lowest BCUT2D eigenvalue weighted by molar-refractivity contribution is 0.347. The predicted molar refractivity (Wildman–Crippen MR) is 33.1 cm³/mol. The highest BCUT2D eigenvalue weighted by atomic mass is 19.1. The van der Waals surface area contributed by atoms with Gasteiger partial charge in [-0.1, -0.05) is 0 Å². The van der Waals surface area contributed by atoms with E-state index < -0.39 is 5.95 Å². The fraction of sp³-hybridized carbons (Fsp3) is 0.571. The normalized spacial score (nSPS) is 16.9. The van der Waals surface area contributed by atoms with Gasteiger partial charge in [0.25, 0.3) is 5.95 Å². The molecule has 0 aliphatic heterocycles. The van der Waals surface area contributed by atoms with Gasteiger partial charge in [-0.15, -0.1) is 0 Å². The van der Waals surface area contributed by atoms with E-state index in [0.29, 0.717) is 5.56 Å². The molecule has 0 atom stereocenters. The van der Waals surface area contributed by atoms with Crippen LogP contribution in [-0.4, -0.2) is 5.16 Å². The smallest absolute Gasteiger partial charge is 0.257 e. The summed E-state index contributed by atoms with van der Waals surface area (Å²) in [5.41, 5.74) is 0.700. The Labute approximate surface area is 58.0 Å². The fourth-order valence-electron chi connectivity index (χ4n) is 1.35. The lowest BCUT2D eigenvalue weighted by atomic mass is 9.99. The van der Waals surface area contributed by atoms with Crippen molar-refractivity contribution in [2.24, 2.45) is 0 Å². The zero-order valence-electron chi connectivity index (χ0n) is 5.56. The summed E-state index contributed by atoms with van der Waals surface area (Å²) in [5, 5.41) is 3.26. The molecule has 0 N–H and O–H groups in total. The van der Waals surface area contributed by atoms with Crippen LogP contribution in [0.2, 0.25) is 0 Å². The van der Waals surface area contributed by atoms with Crippen LogP contribution in [0.4, 0.5) is 4.39 Å². The second-order valence-corrected chi connectivity index (χ2v) is 2.58. The Morgan fingerprint density at radius 1 is 1.30 bits per heavy atom. The van der Waals surface area contributed by atoms with Gasteiger partial charge in [0.2, 0.25) is 0 Å². The first kappa shape index (κ1) is 5.89. The second-order valence-electron chi connectivity index (χ2n) is 2.58. The molecule has 1 aliphatic rings. The molecule has 0 spiro atoms. The summed E-state index contributed by atoms with van der Waals surface area (Å²) in [6.07, 6.45) is 3.81. The van der Waals surface area contributed by atoms with Crippen molar-refractivity contribution in [3.05, 3.63) is 17.3 Å². The maximum atomic E-state index is 12.6. The van der Waals surface area contributed by atoms with Crippen molar-refractivity contribution in [2.75, 3.05) is 0 Å². The van der Waals surface area contributed by atoms with Gasteiger partial charge in [-0.3, -0.25) is 0 Å². The molecule has 0 amide bonds. The van der Waals surface area contributed by atoms with Crippen LogP contribution in [0.1, 0.15) is 24.2 Å². The molecular weight excluding hydrogens is 133 g/mol. The minimum atomic E-state index is -0.408. The third-order valence-corrected chi connectivity index (χ3v) is 1.90. The van der Waals surface area contributed by atoms with E-state index in [4.69, 9.17) is 4.52 Å². The first-order valence-corrected chi connectivity index (χ1v) is 3.51. The van der Waals surface area contributed by atoms with Gasteiger partial charge < -0.3 is 4.52 Å². The van der Waals surface area contributed by atoms with Crippen LogP contribution < -0.4 is 0 Å². The molecule has 0 bridgehead atoms. The summed E-state index contributed by atoms with van der Waals surface area (Å²) in [6.45, 7) is 0. The quantitative estimate of drug-likeness (QED) is 0.549. The zero-order valence-corrected chi connectivity index (χ0v) is 5.56. The van der Waals surface area contributed by atoms with Crippen molar-refractivity contribution in [3.8, 4) is 0 Å². The maximum Gasteiger partial charge on any atom is 0.257 e. The Kier molecular flexibility index (Phi) is 1.22. The van der Waals surface area contributed by atoms with Crippen LogP contribution in [0, 0.1) is 5.95 Å². The zero-order chi connectivity index (χ0) is 6.97. The first-order chi connectivity index (χ1) is 4.88. The van der Waals surface area contributed by atoms with Crippen molar-refractivity contribution in [1.29, 1.82) is 0 Å². The van der Waals surface area contributed by atoms with Gasteiger partial charge >= 0.3 is 0 Å². The van der Waals surface area contributed by atoms with Gasteiger partial charge in [-0.25, -0.2) is 0 Å². The lowest BCUT2D eigenvalue weighted by Gasteiger charge is -2.05. The van der Waals surface area contributed by atoms with Crippen LogP contribution in [0.25, 0.3) is 0 Å². The molecule has 1 aromatic heterocycles. The Balaban J connectivity index is 2.45. The van der Waals surface area contributed by atoms with E-state index in [1.807, 2.05) is 0 Å². The molecule has 0 fully saturated rings. The number of aryl methyl sites for hydroxylation is 1. The minimum absolute atomic E-state index is 0.408. The molecule has 0 radical (unpaired) electrons. The summed E-state index contributed by atoms with van der Waals surface area (Å²) in [7, 11) is 0. The molecule has 10 heavy (non-hydrogen) atoms. The molecular formula is C7H8FNO. The molecule has 0 saturated heterocycles. The highest BCUT2D eigenvalue weighted by Crippen LogP contribution is 2.22. The molecule has 0 saturated carbocycles. The van der Waals surface area contributed by atoms with E-state index >= 15 is 0 Å². The largest absolute Gasteiger partial charge is 0.358 e. The van der Waals surface area contributed by atoms with E-state index in [9.17, 15) is 4.39 Å². The molecule has 1 aromatic rings. The summed E-state index contributed by atoms with van der Waals surface area (Å²) in [5.74, 6) is 0.346. The van der Waals surface area contributed by atoms with Crippen molar-refractivity contribution in [2.45, 2.75) is 25.7 Å². The Bertz CT molecular complexity index is 244. The Morgan fingerprint density at radius 2 is 2.10 bits per heavy atom. The standard InChI is InChI=1S/C7H8FNO/c8-7-5-3-1-2-4-6(5)10-9-7/h1-4H2. The van der Waals surface area contributed by atoms with E-state index in [1.165, 1.54) is 0 Å². The van der Waals surface area contributed by atoms with E-state index in [-0.39, 0.29) is 0 Å². The number of hydrogen-bond donors (Lipinski definition) is 0. The number of aromatic nitrogens is 1. The number of nitrogens with zero attached hydrogens (tertiary/aromatic N) is 1. The van der Waals surface area contributed by atoms with Crippen LogP contribution in [0.3, 0.4) is 0 Å². The minimum Gasteiger partial charge on any atom is -0.358 e. The van der Waals surface area contributed by atoms with Gasteiger partial charge in [-0.05, 0) is 24.4 Å². The molecule has 2 rings (SSSR count). The second kappa shape index (κ2) is 2.08. The molecule has 3 heteroatoms. The molecule has 54 valence electrons. The van der Waals surface area contributed by atoms with E-state index in [0.717, 1.165) is 31.4 Å². The molecule has 0 unspecified atom stereocenters. The Hall–Kier alpha value is -0.860. The topological polar surface area (TPSA) is 26.0 Å². The average molecular weight is 141 g/mol. The van der Waals surface area contributed by atoms with Gasteiger partial charge in [-0.2, -0.15) is 4.39 Å². The van der Waals surface area contributed by atoms with Crippen molar-refractivity contribution < 1.29 is 8.91 Å². The first-order valence-electron chi connectivity index (χ1n) is 3.51. The summed E-state index contributed by atoms with van der Waals surface area (Å²) >= 11 is 0. The predicted octanol–water partition coefficient (Wildman–Crippen LogP) is 1.69. The van der Waals surface area contributed by atoms with Gasteiger partial charge in [0, 0.05) is 6.42 Å². The average Bonchev–Trinajstić information content (AvgIpc) is 2.34. The summed E-state index contributed by atoms with van der Waals surface area (Å²) < 4.78 is 17.4. The van der Waals surface area contributed by atoms with Crippen LogP contribution in [0.15, 0.2) is 4.52 Å². The van der Waals surface area contributed by atoms with Gasteiger partial charge in [0.05, 0.1) is 5.56 Å². The van der Waals surface area contributed by atoms with Crippen LogP contribution >= 0.6 is 0 Å². The fourth-order valence-corrected chi connectivity index (χ4v) is 1.35. The third kappa shape index (κ3) is 0.735. The number of halogens is 1. The van der Waals surface area contributed by atoms with E-state index in [2.05, 4.69) is 5.16 Å². The van der Waals surface area contributed by atoms with Crippen LogP contribution in [0.5, 0.6) is 0 Å². The van der Waals surface area contributed by atoms with E-state index in [1.54, 1.807) is 0 Å². The SMILES string of the molecule is Fc1noc2c1CCCC2. The van der Waals surface area contributed by atoms with Crippen molar-refractivity contribution in [3.63, 3.8) is 0 Å². The number of rotatable bonds is 0. The Morgan fingerprint density at radius 3 is 2.90 bits per heavy atom. The molecule has 0 aromatic carbocycles. The monoisotopic (exact) mass is 141 g/mol. The van der Waals surface area contributed by atoms with Crippen LogP contribution in [-0.2, 0) is 12.8 Å². The highest BCUT2D eigenvalue weighted by Gasteiger charge is 2.18. The molecule has 1 heterocycles. The summed E-state index contributed by atoms with van der Waals surface area (Å²) in [6, 6.07) is 0. The van der Waals surface area contributed by atoms with Crippen molar-refractivity contribution >= 4 is 0 Å². The highest BCUT2D eigenvalue weighted by molar-refractivity contribution is 5.17.